The maximum absolute atomic E-state index is 14.9. The number of nitrogens with zero attached hydrogens (tertiary/aromatic N) is 27. The molecule has 19 heterocycles. The van der Waals surface area contributed by atoms with Crippen molar-refractivity contribution in [1.29, 1.82) is 0 Å². The van der Waals surface area contributed by atoms with Crippen LogP contribution >= 0.6 is 34.3 Å². The van der Waals surface area contributed by atoms with Crippen LogP contribution in [0.4, 0.5) is 57.4 Å². The van der Waals surface area contributed by atoms with Gasteiger partial charge in [0.15, 0.2) is 51.5 Å². The Hall–Kier alpha value is -14.2. The summed E-state index contributed by atoms with van der Waals surface area (Å²) in [4.78, 5) is 93.8. The van der Waals surface area contributed by atoms with Crippen LogP contribution in [0.25, 0.3) is 77.6 Å². The molecule has 3 aliphatic heterocycles. The number of aryl methyl sites for hydroxylation is 6. The molecular weight excluding hydrogens is 1790 g/mol. The minimum atomic E-state index is -4.58. The Morgan fingerprint density at radius 3 is 1.37 bits per heavy atom. The van der Waals surface area contributed by atoms with E-state index in [-0.39, 0.29) is 97.9 Å². The molecule has 684 valence electrons. The summed E-state index contributed by atoms with van der Waals surface area (Å²) in [7, 11) is 6.54. The highest BCUT2D eigenvalue weighted by atomic mass is 35.5. The number of anilines is 3. The van der Waals surface area contributed by atoms with Gasteiger partial charge in [0, 0.05) is 144 Å². The van der Waals surface area contributed by atoms with Gasteiger partial charge >= 0.3 is 6.18 Å². The number of ketones is 4. The average Bonchev–Trinajstić information content (AvgIpc) is 1.65. The predicted octanol–water partition coefficient (Wildman–Crippen LogP) is 17.0. The highest BCUT2D eigenvalue weighted by molar-refractivity contribution is 7.19. The largest absolute Gasteiger partial charge is 0.433 e. The van der Waals surface area contributed by atoms with Crippen LogP contribution in [0, 0.1) is 25.5 Å². The van der Waals surface area contributed by atoms with Crippen molar-refractivity contribution in [1.82, 2.24) is 117 Å². The molecule has 17 aromatic rings. The van der Waals surface area contributed by atoms with Gasteiger partial charge in [-0.2, -0.15) is 48.5 Å². The Labute approximate surface area is 764 Å². The number of halogens is 10. The predicted molar refractivity (Wildman–Crippen MR) is 478 cm³/mol. The summed E-state index contributed by atoms with van der Waals surface area (Å²) in [6.45, 7) is 13.1. The second-order valence-electron chi connectivity index (χ2n) is 32.6. The summed E-state index contributed by atoms with van der Waals surface area (Å²) in [6, 6.07) is 26.8. The van der Waals surface area contributed by atoms with Crippen molar-refractivity contribution in [2.75, 3.05) is 34.3 Å². The zero-order valence-electron chi connectivity index (χ0n) is 72.8. The van der Waals surface area contributed by atoms with Crippen LogP contribution in [-0.4, -0.2) is 178 Å². The molecule has 0 saturated carbocycles. The second kappa shape index (κ2) is 37.6. The molecular formula is C90H83ClF9N27O4S2. The van der Waals surface area contributed by atoms with Crippen molar-refractivity contribution in [3.05, 3.63) is 241 Å². The summed E-state index contributed by atoms with van der Waals surface area (Å²) in [5.41, 5.74) is 9.01. The van der Waals surface area contributed by atoms with Crippen molar-refractivity contribution < 1.29 is 58.7 Å². The fourth-order valence-corrected chi connectivity index (χ4v) is 18.5. The van der Waals surface area contributed by atoms with Crippen molar-refractivity contribution in [3.63, 3.8) is 0 Å². The summed E-state index contributed by atoms with van der Waals surface area (Å²) >= 11 is 7.90. The molecule has 3 saturated heterocycles. The number of hydrogen-bond acceptors (Lipinski definition) is 25. The third-order valence-corrected chi connectivity index (χ3v) is 25.4. The first-order valence-electron chi connectivity index (χ1n) is 42.3. The normalized spacial score (nSPS) is 15.2. The highest BCUT2D eigenvalue weighted by Crippen LogP contribution is 2.40. The first kappa shape index (κ1) is 90.8. The van der Waals surface area contributed by atoms with E-state index in [0.29, 0.717) is 109 Å². The number of thiazole rings is 2. The molecule has 3 fully saturated rings. The molecule has 3 atom stereocenters. The Morgan fingerprint density at radius 2 is 0.932 bits per heavy atom. The van der Waals surface area contributed by atoms with Crippen LogP contribution < -0.4 is 14.7 Å². The molecule has 0 amide bonds. The number of carbonyl (C=O) groups excluding carboxylic acids is 4. The van der Waals surface area contributed by atoms with Crippen LogP contribution in [0.5, 0.6) is 0 Å². The maximum Gasteiger partial charge on any atom is 0.433 e. The molecule has 1 aromatic carbocycles. The van der Waals surface area contributed by atoms with E-state index in [1.54, 1.807) is 90.8 Å². The standard InChI is InChI=1S/C25H20F2N6O.C23H22F3N7O.C21H20ClF2N7OS.C21H21F2N7OS/c1-14-8-15(2)29-21(9-14)19-12-28-32(3)24(19)22(34)10-17-11-23-30-25(31-33(23)13-20(17)27)16-4-6-18(26)7-5-16;1-14-5-4-9-32(14)22-29-20-12-15(8-10-33(20)30-22)11-18(34)21-16(13-27-31(21)2)17-6-3-7-19(28-17)23(24,25)26;1-11-4-3-6-30(11)21-26-15-9-12(5-7-31(15)28-21)8-14(32)17-13(10-25-29(17)2)20-27-16(19(23)24)18(22)33-20;1-12-4-3-6-29(12)21-26-17-9-13(5-7-30(17)27-21)8-16(31)18-14(10-24-28(18)2)20-25-15(11-32-20)19(22)23/h4-9,11-13H,10H2,1-3H3;3,6-8,10,12-14H,4-5,9,11H2,1-2H3;5,7,9-11,19H,3-4,6,8H2,1-2H3;5,7,9-12,19H,3-4,6,8H2,1-2H3/t;14-;11-;12-/m.000/s1. The van der Waals surface area contributed by atoms with E-state index in [9.17, 15) is 58.7 Å². The molecule has 0 bridgehead atoms. The number of aromatic nitrogens is 24. The topological polar surface area (TPSA) is 322 Å². The van der Waals surface area contributed by atoms with E-state index >= 15 is 0 Å². The van der Waals surface area contributed by atoms with Crippen molar-refractivity contribution in [2.24, 2.45) is 28.2 Å². The number of benzene rings is 1. The number of alkyl halides is 7. The molecule has 16 aromatic heterocycles. The van der Waals surface area contributed by atoms with E-state index in [1.165, 1.54) is 83.7 Å². The van der Waals surface area contributed by atoms with E-state index in [2.05, 4.69) is 116 Å². The number of rotatable bonds is 22. The SMILES string of the molecule is C[C@H]1CCCN1c1nc2cc(CC(=O)c3c(-c4cccc(C(F)(F)F)n4)cnn3C)ccn2n1.C[C@H]1CCCN1c1nc2cc(CC(=O)c3c(-c4nc(C(F)F)c(Cl)s4)cnn3C)ccn2n1.C[C@H]1CCCN1c1nc2cc(CC(=O)c3c(-c4nc(C(F)F)cs4)cnn3C)ccn2n1.Cc1cc(C)nc(-c2cnn(C)c2C(=O)Cc2cc3nc(-c4ccc(F)cc4)nn3cc2F)c1. The molecule has 43 heteroatoms. The quantitative estimate of drug-likeness (QED) is 0.0449. The molecule has 3 aliphatic rings. The lowest BCUT2D eigenvalue weighted by Gasteiger charge is -2.18. The minimum Gasteiger partial charge on any atom is -0.337 e. The van der Waals surface area contributed by atoms with Crippen LogP contribution in [0.15, 0.2) is 152 Å². The zero-order chi connectivity index (χ0) is 93.7. The summed E-state index contributed by atoms with van der Waals surface area (Å²) < 4.78 is 132. The second-order valence-corrected chi connectivity index (χ2v) is 35.1. The first-order chi connectivity index (χ1) is 63.7. The minimum absolute atomic E-state index is 0.0320. The van der Waals surface area contributed by atoms with E-state index in [4.69, 9.17) is 11.6 Å². The lowest BCUT2D eigenvalue weighted by molar-refractivity contribution is -0.141. The lowest BCUT2D eigenvalue weighted by atomic mass is 10.0. The van der Waals surface area contributed by atoms with Gasteiger partial charge in [0.1, 0.15) is 65.8 Å². The number of hydrogen-bond donors (Lipinski definition) is 0. The van der Waals surface area contributed by atoms with Gasteiger partial charge in [-0.05, 0) is 186 Å². The summed E-state index contributed by atoms with van der Waals surface area (Å²) in [5.74, 6) is 0.464. The van der Waals surface area contributed by atoms with Gasteiger partial charge in [0.05, 0.1) is 53.5 Å². The zero-order valence-corrected chi connectivity index (χ0v) is 75.2. The van der Waals surface area contributed by atoms with Gasteiger partial charge in [-0.15, -0.1) is 43.1 Å². The van der Waals surface area contributed by atoms with Gasteiger partial charge in [0.2, 0.25) is 17.8 Å². The summed E-state index contributed by atoms with van der Waals surface area (Å²) in [6.07, 6.45) is 9.16. The average molecular weight is 1880 g/mol. The van der Waals surface area contributed by atoms with Crippen LogP contribution in [0.3, 0.4) is 0 Å². The van der Waals surface area contributed by atoms with Gasteiger partial charge in [-0.1, -0.05) is 17.7 Å². The third-order valence-electron chi connectivity index (χ3n) is 23.2. The van der Waals surface area contributed by atoms with Crippen LogP contribution in [0.1, 0.15) is 165 Å². The Kier molecular flexibility index (Phi) is 25.7. The molecule has 31 nitrogen and oxygen atoms in total. The fourth-order valence-electron chi connectivity index (χ4n) is 16.5. The van der Waals surface area contributed by atoms with E-state index in [0.717, 1.165) is 115 Å². The summed E-state index contributed by atoms with van der Waals surface area (Å²) in [5, 5.41) is 36.5. The first-order valence-corrected chi connectivity index (χ1v) is 44.3. The molecule has 133 heavy (non-hydrogen) atoms. The highest BCUT2D eigenvalue weighted by Gasteiger charge is 2.35. The lowest BCUT2D eigenvalue weighted by Crippen LogP contribution is -2.27. The van der Waals surface area contributed by atoms with E-state index in [1.807, 2.05) is 50.2 Å². The number of fused-ring (bicyclic) bond motifs is 4. The number of carbonyl (C=O) groups is 4. The Morgan fingerprint density at radius 1 is 0.481 bits per heavy atom. The van der Waals surface area contributed by atoms with Crippen LogP contribution in [-0.2, 0) is 60.1 Å². The van der Waals surface area contributed by atoms with Crippen molar-refractivity contribution >= 4 is 97.8 Å². The van der Waals surface area contributed by atoms with Gasteiger partial charge < -0.3 is 14.7 Å². The van der Waals surface area contributed by atoms with Gasteiger partial charge in [-0.3, -0.25) is 42.9 Å². The van der Waals surface area contributed by atoms with Crippen molar-refractivity contribution in [3.8, 4) is 55.0 Å². The molecule has 0 spiro atoms. The fraction of sp³-hybridized carbons (Fsp3) is 0.311. The number of pyridine rings is 6. The van der Waals surface area contributed by atoms with Gasteiger partial charge in [0.25, 0.3) is 12.9 Å². The molecule has 0 aliphatic carbocycles. The Bertz CT molecular complexity index is 7250. The monoisotopic (exact) mass is 1880 g/mol. The smallest absolute Gasteiger partial charge is 0.337 e. The van der Waals surface area contributed by atoms with Crippen molar-refractivity contribution in [2.45, 2.75) is 136 Å². The molecule has 0 N–H and O–H groups in total. The number of Topliss-reactive ketones (excluding diaryl/α,β-unsaturated/α-hetero) is 4. The molecule has 0 unspecified atom stereocenters. The third kappa shape index (κ3) is 19.4. The van der Waals surface area contributed by atoms with Crippen LogP contribution in [0.2, 0.25) is 4.34 Å². The van der Waals surface area contributed by atoms with E-state index < -0.39 is 36.2 Å². The Balaban J connectivity index is 0.000000124. The maximum atomic E-state index is 14.9. The molecule has 0 radical (unpaired) electrons. The molecule has 20 rings (SSSR count). The van der Waals surface area contributed by atoms with Gasteiger partial charge in [-0.25, -0.2) is 64.3 Å².